The van der Waals surface area contributed by atoms with Crippen LogP contribution in [0.1, 0.15) is 89.9 Å². The summed E-state index contributed by atoms with van der Waals surface area (Å²) in [6, 6.07) is 1.06. The van der Waals surface area contributed by atoms with Crippen molar-refractivity contribution in [2.24, 2.45) is 40.3 Å². The quantitative estimate of drug-likeness (QED) is 0.177. The minimum absolute atomic E-state index is 0.00356. The van der Waals surface area contributed by atoms with Gasteiger partial charge in [-0.3, -0.25) is 14.5 Å². The molecule has 5 fully saturated rings. The Kier molecular flexibility index (Phi) is 8.59. The SMILES string of the molecule is NC(=O)C1CCC(CN2C(C(=O)NC3CCCC(N4CCCC4)C3)CC3CCC(/C(N)=N/O)CC32)CC1. The van der Waals surface area contributed by atoms with Crippen molar-refractivity contribution in [3.8, 4) is 0 Å². The van der Waals surface area contributed by atoms with E-state index in [9.17, 15) is 14.8 Å². The number of amidine groups is 1. The van der Waals surface area contributed by atoms with Crippen LogP contribution in [-0.2, 0) is 9.59 Å². The van der Waals surface area contributed by atoms with Gasteiger partial charge >= 0.3 is 0 Å². The number of likely N-dealkylation sites (tertiary alicyclic amines) is 2. The summed E-state index contributed by atoms with van der Waals surface area (Å²) in [4.78, 5) is 30.6. The number of hydrogen-bond acceptors (Lipinski definition) is 6. The van der Waals surface area contributed by atoms with E-state index in [1.54, 1.807) is 0 Å². The van der Waals surface area contributed by atoms with Crippen LogP contribution in [0.5, 0.6) is 0 Å². The second kappa shape index (κ2) is 11.9. The van der Waals surface area contributed by atoms with Crippen LogP contribution < -0.4 is 16.8 Å². The zero-order valence-corrected chi connectivity index (χ0v) is 22.4. The van der Waals surface area contributed by atoms with Crippen LogP contribution in [0.3, 0.4) is 0 Å². The van der Waals surface area contributed by atoms with Crippen molar-refractivity contribution in [1.82, 2.24) is 15.1 Å². The number of fused-ring (bicyclic) bond motifs is 1. The van der Waals surface area contributed by atoms with Gasteiger partial charge in [0, 0.05) is 36.5 Å². The highest BCUT2D eigenvalue weighted by atomic mass is 16.4. The molecule has 37 heavy (non-hydrogen) atoms. The first-order valence-electron chi connectivity index (χ1n) is 15.0. The van der Waals surface area contributed by atoms with Gasteiger partial charge in [0.2, 0.25) is 11.8 Å². The Morgan fingerprint density at radius 3 is 2.30 bits per heavy atom. The first-order valence-corrected chi connectivity index (χ1v) is 15.0. The van der Waals surface area contributed by atoms with E-state index in [2.05, 4.69) is 20.3 Å². The molecule has 2 amide bonds. The van der Waals surface area contributed by atoms with E-state index in [0.717, 1.165) is 70.8 Å². The van der Waals surface area contributed by atoms with Crippen molar-refractivity contribution >= 4 is 17.6 Å². The molecule has 0 bridgehead atoms. The average Bonchev–Trinajstić information content (AvgIpc) is 3.57. The second-order valence-electron chi connectivity index (χ2n) is 12.7. The monoisotopic (exact) mass is 516 g/mol. The van der Waals surface area contributed by atoms with Gasteiger partial charge in [0.1, 0.15) is 5.84 Å². The molecule has 0 aromatic rings. The normalized spacial score (nSPS) is 39.8. The number of rotatable bonds is 7. The Morgan fingerprint density at radius 2 is 1.59 bits per heavy atom. The minimum Gasteiger partial charge on any atom is -0.409 e. The van der Waals surface area contributed by atoms with Gasteiger partial charge in [-0.05, 0) is 115 Å². The second-order valence-corrected chi connectivity index (χ2v) is 12.7. The molecule has 2 heterocycles. The van der Waals surface area contributed by atoms with Crippen LogP contribution in [0.2, 0.25) is 0 Å². The molecule has 208 valence electrons. The van der Waals surface area contributed by atoms with Crippen molar-refractivity contribution in [2.45, 2.75) is 114 Å². The summed E-state index contributed by atoms with van der Waals surface area (Å²) in [5, 5.41) is 16.1. The molecule has 5 rings (SSSR count). The van der Waals surface area contributed by atoms with E-state index in [0.29, 0.717) is 23.7 Å². The molecule has 2 aliphatic heterocycles. The Hall–Kier alpha value is -1.87. The number of hydrogen-bond donors (Lipinski definition) is 4. The molecule has 5 aliphatic rings. The molecule has 6 N–H and O–H groups in total. The lowest BCUT2D eigenvalue weighted by Gasteiger charge is -2.40. The first kappa shape index (κ1) is 26.7. The maximum atomic E-state index is 13.8. The average molecular weight is 517 g/mol. The van der Waals surface area contributed by atoms with Crippen LogP contribution >= 0.6 is 0 Å². The van der Waals surface area contributed by atoms with Gasteiger partial charge in [0.25, 0.3) is 0 Å². The predicted octanol–water partition coefficient (Wildman–Crippen LogP) is 2.41. The summed E-state index contributed by atoms with van der Waals surface area (Å²) in [7, 11) is 0. The number of nitrogens with one attached hydrogen (secondary N) is 1. The van der Waals surface area contributed by atoms with E-state index < -0.39 is 0 Å². The maximum absolute atomic E-state index is 13.8. The molecule has 3 saturated carbocycles. The van der Waals surface area contributed by atoms with E-state index in [4.69, 9.17) is 11.5 Å². The smallest absolute Gasteiger partial charge is 0.237 e. The number of nitrogens with two attached hydrogens (primary N) is 2. The lowest BCUT2D eigenvalue weighted by atomic mass is 9.77. The first-order chi connectivity index (χ1) is 17.9. The lowest BCUT2D eigenvalue weighted by Crippen LogP contribution is -2.53. The van der Waals surface area contributed by atoms with Crippen LogP contribution in [-0.4, -0.2) is 76.5 Å². The molecule has 9 heteroatoms. The fourth-order valence-corrected chi connectivity index (χ4v) is 8.37. The third-order valence-corrected chi connectivity index (χ3v) is 10.5. The molecule has 6 unspecified atom stereocenters. The number of amides is 2. The molecule has 0 aromatic carbocycles. The van der Waals surface area contributed by atoms with Crippen LogP contribution in [0.4, 0.5) is 0 Å². The van der Waals surface area contributed by atoms with Gasteiger partial charge in [-0.1, -0.05) is 5.16 Å². The number of nitrogens with zero attached hydrogens (tertiary/aromatic N) is 3. The van der Waals surface area contributed by atoms with E-state index in [-0.39, 0.29) is 41.8 Å². The Bertz CT molecular complexity index is 838. The van der Waals surface area contributed by atoms with E-state index in [1.807, 2.05) is 0 Å². The summed E-state index contributed by atoms with van der Waals surface area (Å²) >= 11 is 0. The zero-order valence-electron chi connectivity index (χ0n) is 22.4. The molecule has 2 saturated heterocycles. The van der Waals surface area contributed by atoms with Gasteiger partial charge in [-0.15, -0.1) is 0 Å². The maximum Gasteiger partial charge on any atom is 0.237 e. The minimum atomic E-state index is -0.175. The zero-order chi connectivity index (χ0) is 25.9. The number of carbonyl (C=O) groups is 2. The van der Waals surface area contributed by atoms with Crippen molar-refractivity contribution in [3.05, 3.63) is 0 Å². The van der Waals surface area contributed by atoms with Crippen molar-refractivity contribution in [1.29, 1.82) is 0 Å². The molecular weight excluding hydrogens is 468 g/mol. The van der Waals surface area contributed by atoms with Gasteiger partial charge in [-0.25, -0.2) is 0 Å². The standard InChI is InChI=1S/C28H48N6O3/c29-26(32-37)21-11-10-20-14-25(28(36)31-22-4-3-5-23(16-22)33-12-1-2-13-33)34(24(20)15-21)17-18-6-8-19(9-7-18)27(30)35/h18-25,37H,1-17H2,(H2,29,32)(H2,30,35)(H,31,36). The predicted molar refractivity (Wildman–Crippen MR) is 143 cm³/mol. The summed E-state index contributed by atoms with van der Waals surface area (Å²) in [6.07, 6.45) is 14.6. The highest BCUT2D eigenvalue weighted by molar-refractivity contribution is 5.83. The Labute approximate surface area is 221 Å². The molecule has 0 radical (unpaired) electrons. The molecule has 0 spiro atoms. The van der Waals surface area contributed by atoms with Crippen LogP contribution in [0.25, 0.3) is 0 Å². The van der Waals surface area contributed by atoms with Crippen molar-refractivity contribution in [3.63, 3.8) is 0 Å². The molecule has 0 aromatic heterocycles. The summed E-state index contributed by atoms with van der Waals surface area (Å²) < 4.78 is 0. The fourth-order valence-electron chi connectivity index (χ4n) is 8.37. The van der Waals surface area contributed by atoms with Crippen molar-refractivity contribution < 1.29 is 14.8 Å². The summed E-state index contributed by atoms with van der Waals surface area (Å²) in [5.41, 5.74) is 11.6. The molecule has 6 atom stereocenters. The van der Waals surface area contributed by atoms with Crippen LogP contribution in [0, 0.1) is 23.7 Å². The number of oxime groups is 1. The third-order valence-electron chi connectivity index (χ3n) is 10.5. The fraction of sp³-hybridized carbons (Fsp3) is 0.893. The largest absolute Gasteiger partial charge is 0.409 e. The summed E-state index contributed by atoms with van der Waals surface area (Å²) in [6.45, 7) is 3.31. The van der Waals surface area contributed by atoms with E-state index in [1.165, 1.54) is 38.8 Å². The molecule has 9 nitrogen and oxygen atoms in total. The van der Waals surface area contributed by atoms with Gasteiger partial charge in [0.15, 0.2) is 0 Å². The third kappa shape index (κ3) is 6.08. The molecule has 3 aliphatic carbocycles. The van der Waals surface area contributed by atoms with E-state index >= 15 is 0 Å². The highest BCUT2D eigenvalue weighted by Crippen LogP contribution is 2.43. The Balaban J connectivity index is 1.25. The van der Waals surface area contributed by atoms with Gasteiger partial charge in [0.05, 0.1) is 6.04 Å². The summed E-state index contributed by atoms with van der Waals surface area (Å²) in [5.74, 6) is 1.37. The highest BCUT2D eigenvalue weighted by Gasteiger charge is 2.48. The number of primary amides is 1. The number of carbonyl (C=O) groups excluding carboxylic acids is 2. The van der Waals surface area contributed by atoms with Gasteiger partial charge < -0.3 is 26.9 Å². The Morgan fingerprint density at radius 1 is 0.865 bits per heavy atom. The lowest BCUT2D eigenvalue weighted by molar-refractivity contribution is -0.127. The molecular formula is C28H48N6O3. The topological polar surface area (TPSA) is 137 Å². The van der Waals surface area contributed by atoms with Crippen molar-refractivity contribution in [2.75, 3.05) is 19.6 Å². The van der Waals surface area contributed by atoms with Gasteiger partial charge in [-0.2, -0.15) is 0 Å². The van der Waals surface area contributed by atoms with Crippen LogP contribution in [0.15, 0.2) is 5.16 Å².